The van der Waals surface area contributed by atoms with E-state index < -0.39 is 0 Å². The number of hydrazine groups is 1. The van der Waals surface area contributed by atoms with Crippen molar-refractivity contribution in [3.05, 3.63) is 89.5 Å². The summed E-state index contributed by atoms with van der Waals surface area (Å²) in [7, 11) is 3.12. The van der Waals surface area contributed by atoms with Crippen molar-refractivity contribution in [1.82, 2.24) is 10.4 Å². The average molecular weight is 384 g/mol. The smallest absolute Gasteiger partial charge is 0.277 e. The van der Waals surface area contributed by atoms with E-state index in [0.717, 1.165) is 22.4 Å². The number of methoxy groups -OCH3 is 2. The van der Waals surface area contributed by atoms with Gasteiger partial charge in [0, 0.05) is 0 Å². The zero-order valence-electron chi connectivity index (χ0n) is 16.2. The van der Waals surface area contributed by atoms with Crippen molar-refractivity contribution < 1.29 is 14.3 Å². The first kappa shape index (κ1) is 17.4. The van der Waals surface area contributed by atoms with Crippen LogP contribution in [0, 0.1) is 0 Å². The van der Waals surface area contributed by atoms with E-state index in [9.17, 15) is 4.79 Å². The van der Waals surface area contributed by atoms with Crippen LogP contribution in [0.25, 0.3) is 16.8 Å². The fourth-order valence-electron chi connectivity index (χ4n) is 4.04. The van der Waals surface area contributed by atoms with Crippen LogP contribution in [0.2, 0.25) is 0 Å². The summed E-state index contributed by atoms with van der Waals surface area (Å²) < 4.78 is 10.8. The highest BCUT2D eigenvalue weighted by molar-refractivity contribution is 6.04. The lowest BCUT2D eigenvalue weighted by atomic mass is 10.0. The Morgan fingerprint density at radius 1 is 0.828 bits per heavy atom. The third kappa shape index (κ3) is 2.66. The van der Waals surface area contributed by atoms with Crippen molar-refractivity contribution in [2.24, 2.45) is 0 Å². The summed E-state index contributed by atoms with van der Waals surface area (Å²) >= 11 is 0. The first-order valence-corrected chi connectivity index (χ1v) is 9.44. The molecule has 2 aliphatic heterocycles. The van der Waals surface area contributed by atoms with Gasteiger partial charge in [0.25, 0.3) is 5.91 Å². The van der Waals surface area contributed by atoms with Gasteiger partial charge < -0.3 is 9.47 Å². The third-order valence-electron chi connectivity index (χ3n) is 5.48. The molecule has 1 amide bonds. The van der Waals surface area contributed by atoms with Crippen molar-refractivity contribution >= 4 is 11.6 Å². The minimum absolute atomic E-state index is 0.118. The summed E-state index contributed by atoms with van der Waals surface area (Å²) in [5.74, 6) is 0.919. The van der Waals surface area contributed by atoms with Crippen LogP contribution < -0.4 is 14.9 Å². The van der Waals surface area contributed by atoms with Crippen molar-refractivity contribution in [3.8, 4) is 22.6 Å². The monoisotopic (exact) mass is 384 g/mol. The van der Waals surface area contributed by atoms with E-state index in [1.165, 1.54) is 5.56 Å². The molecule has 1 N–H and O–H groups in total. The number of fused-ring (bicyclic) bond motifs is 3. The van der Waals surface area contributed by atoms with Crippen molar-refractivity contribution in [2.75, 3.05) is 14.2 Å². The Labute approximate surface area is 169 Å². The highest BCUT2D eigenvalue weighted by atomic mass is 16.5. The molecule has 0 bridgehead atoms. The lowest BCUT2D eigenvalue weighted by Gasteiger charge is -2.17. The van der Waals surface area contributed by atoms with E-state index in [-0.39, 0.29) is 11.9 Å². The second kappa shape index (κ2) is 6.71. The molecule has 2 heterocycles. The lowest BCUT2D eigenvalue weighted by Crippen LogP contribution is -2.34. The molecule has 0 saturated carbocycles. The molecule has 0 aliphatic carbocycles. The molecule has 5 nitrogen and oxygen atoms in total. The van der Waals surface area contributed by atoms with Crippen LogP contribution in [0.1, 0.15) is 27.5 Å². The van der Waals surface area contributed by atoms with Gasteiger partial charge in [-0.15, -0.1) is 0 Å². The number of ether oxygens (including phenoxy) is 2. The molecule has 0 aromatic heterocycles. The molecule has 0 fully saturated rings. The second-order valence-corrected chi connectivity index (χ2v) is 7.02. The highest BCUT2D eigenvalue weighted by Crippen LogP contribution is 2.46. The molecule has 3 aromatic rings. The Hall–Kier alpha value is -3.73. The van der Waals surface area contributed by atoms with Gasteiger partial charge in [0.2, 0.25) is 0 Å². The minimum atomic E-state index is -0.166. The fourth-order valence-corrected chi connectivity index (χ4v) is 4.04. The zero-order valence-corrected chi connectivity index (χ0v) is 16.2. The molecule has 5 heteroatoms. The molecule has 3 aromatic carbocycles. The maximum Gasteiger partial charge on any atom is 0.277 e. The van der Waals surface area contributed by atoms with Crippen molar-refractivity contribution in [2.45, 2.75) is 6.04 Å². The Bertz CT molecular complexity index is 1120. The quantitative estimate of drug-likeness (QED) is 0.723. The van der Waals surface area contributed by atoms with E-state index in [0.29, 0.717) is 17.1 Å². The van der Waals surface area contributed by atoms with Gasteiger partial charge in [0.1, 0.15) is 6.04 Å². The molecule has 2 aliphatic rings. The van der Waals surface area contributed by atoms with Crippen LogP contribution in [0.4, 0.5) is 0 Å². The number of nitrogens with one attached hydrogen (secondary N) is 1. The third-order valence-corrected chi connectivity index (χ3v) is 5.48. The van der Waals surface area contributed by atoms with Crippen LogP contribution in [0.3, 0.4) is 0 Å². The van der Waals surface area contributed by atoms with E-state index >= 15 is 0 Å². The van der Waals surface area contributed by atoms with Gasteiger partial charge in [-0.2, -0.15) is 0 Å². The number of benzene rings is 3. The SMILES string of the molecule is COc1ccc2c(c1OC)C(=O)N1NC(c3ccc(-c4ccccc4)cc3)=CC21. The minimum Gasteiger partial charge on any atom is -0.493 e. The predicted molar refractivity (Wildman–Crippen MR) is 111 cm³/mol. The summed E-state index contributed by atoms with van der Waals surface area (Å²) in [5.41, 5.74) is 9.02. The molecule has 29 heavy (non-hydrogen) atoms. The van der Waals surface area contributed by atoms with Crippen molar-refractivity contribution in [1.29, 1.82) is 0 Å². The highest BCUT2D eigenvalue weighted by Gasteiger charge is 2.43. The molecule has 5 rings (SSSR count). The van der Waals surface area contributed by atoms with Gasteiger partial charge >= 0.3 is 0 Å². The normalized spacial score (nSPS) is 16.8. The lowest BCUT2D eigenvalue weighted by molar-refractivity contribution is 0.0715. The Kier molecular flexibility index (Phi) is 4.02. The molecule has 144 valence electrons. The Morgan fingerprint density at radius 2 is 1.52 bits per heavy atom. The van der Waals surface area contributed by atoms with Crippen LogP contribution in [-0.2, 0) is 0 Å². The average Bonchev–Trinajstić information content (AvgIpc) is 3.33. The Balaban J connectivity index is 1.48. The molecule has 0 radical (unpaired) electrons. The number of carbonyl (C=O) groups excluding carboxylic acids is 1. The van der Waals surface area contributed by atoms with Gasteiger partial charge in [-0.05, 0) is 34.4 Å². The van der Waals surface area contributed by atoms with Gasteiger partial charge in [0.15, 0.2) is 11.5 Å². The first-order chi connectivity index (χ1) is 14.2. The number of carbonyl (C=O) groups is 1. The van der Waals surface area contributed by atoms with E-state index in [1.54, 1.807) is 19.2 Å². The number of hydrogen-bond acceptors (Lipinski definition) is 4. The van der Waals surface area contributed by atoms with E-state index in [4.69, 9.17) is 9.47 Å². The number of amides is 1. The van der Waals surface area contributed by atoms with Gasteiger partial charge in [-0.25, -0.2) is 5.01 Å². The predicted octanol–water partition coefficient (Wildman–Crippen LogP) is 4.43. The van der Waals surface area contributed by atoms with Gasteiger partial charge in [-0.1, -0.05) is 60.7 Å². The van der Waals surface area contributed by atoms with Crippen LogP contribution in [0.15, 0.2) is 72.8 Å². The summed E-state index contributed by atoms with van der Waals surface area (Å²) in [4.78, 5) is 13.0. The number of rotatable bonds is 4. The molecular weight excluding hydrogens is 364 g/mol. The first-order valence-electron chi connectivity index (χ1n) is 9.44. The van der Waals surface area contributed by atoms with Gasteiger partial charge in [-0.3, -0.25) is 10.2 Å². The van der Waals surface area contributed by atoms with Crippen LogP contribution in [0.5, 0.6) is 11.5 Å². The standard InChI is InChI=1S/C24H20N2O3/c1-28-21-13-12-18-20-14-19(25-26(20)24(27)22(18)23(21)29-2)17-10-8-16(9-11-17)15-6-4-3-5-7-15/h3-14,20,25H,1-2H3. The van der Waals surface area contributed by atoms with E-state index in [2.05, 4.69) is 47.9 Å². The van der Waals surface area contributed by atoms with Crippen LogP contribution >= 0.6 is 0 Å². The molecule has 0 spiro atoms. The zero-order chi connectivity index (χ0) is 20.0. The molecule has 0 saturated heterocycles. The second-order valence-electron chi connectivity index (χ2n) is 7.02. The molecule has 1 atom stereocenters. The largest absolute Gasteiger partial charge is 0.493 e. The van der Waals surface area contributed by atoms with Crippen molar-refractivity contribution in [3.63, 3.8) is 0 Å². The topological polar surface area (TPSA) is 50.8 Å². The van der Waals surface area contributed by atoms with Gasteiger partial charge in [0.05, 0.1) is 25.5 Å². The summed E-state index contributed by atoms with van der Waals surface area (Å²) in [6.45, 7) is 0. The maximum absolute atomic E-state index is 13.0. The molecular formula is C24H20N2O3. The summed E-state index contributed by atoms with van der Waals surface area (Å²) in [6.07, 6.45) is 2.08. The maximum atomic E-state index is 13.0. The molecule has 1 unspecified atom stereocenters. The fraction of sp³-hybridized carbons (Fsp3) is 0.125. The van der Waals surface area contributed by atoms with Crippen LogP contribution in [-0.4, -0.2) is 25.1 Å². The summed E-state index contributed by atoms with van der Waals surface area (Å²) in [6, 6.07) is 22.2. The Morgan fingerprint density at radius 3 is 2.21 bits per heavy atom. The number of hydrogen-bond donors (Lipinski definition) is 1. The van der Waals surface area contributed by atoms with E-state index in [1.807, 2.05) is 30.3 Å². The number of nitrogens with zero attached hydrogens (tertiary/aromatic N) is 1. The summed E-state index contributed by atoms with van der Waals surface area (Å²) in [5, 5.41) is 1.65.